The molecule has 5 rings (SSSR count). The van der Waals surface area contributed by atoms with Crippen LogP contribution in [-0.2, 0) is 39.2 Å². The van der Waals surface area contributed by atoms with Crippen molar-refractivity contribution in [3.05, 3.63) is 131 Å². The predicted molar refractivity (Wildman–Crippen MR) is 354 cm³/mol. The average molecular weight is 1250 g/mol. The zero-order valence-corrected chi connectivity index (χ0v) is 58.8. The lowest BCUT2D eigenvalue weighted by Crippen LogP contribution is -2.64. The lowest BCUT2D eigenvalue weighted by molar-refractivity contribution is -0.139. The molecule has 3 atom stereocenters. The number of nitrogens with zero attached hydrogens (tertiary/aromatic N) is 2. The van der Waals surface area contributed by atoms with E-state index in [1.54, 1.807) is 81.4 Å². The molecular formula is C66H97N5O13Si3. The van der Waals surface area contributed by atoms with Crippen LogP contribution in [0.4, 0.5) is 31.4 Å². The highest BCUT2D eigenvalue weighted by atomic mass is 28.4. The van der Waals surface area contributed by atoms with Crippen LogP contribution >= 0.6 is 0 Å². The molecule has 1 heterocycles. The predicted octanol–water partition coefficient (Wildman–Crippen LogP) is 16.0. The number of benzene rings is 4. The summed E-state index contributed by atoms with van der Waals surface area (Å²) in [6.45, 7) is 49.3. The Bertz CT molecular complexity index is 3020. The van der Waals surface area contributed by atoms with Gasteiger partial charge in [0.05, 0.1) is 23.8 Å². The molecule has 18 nitrogen and oxygen atoms in total. The average Bonchev–Trinajstić information content (AvgIpc) is 0.888. The number of hydrogen-bond acceptors (Lipinski definition) is 14. The van der Waals surface area contributed by atoms with Gasteiger partial charge in [-0.1, -0.05) is 71.3 Å². The third kappa shape index (κ3) is 28.0. The number of Topliss-reactive ketones (excluding diaryl/α,β-unsaturated/α-hetero) is 3. The number of rotatable bonds is 17. The molecular weight excluding hydrogens is 1160 g/mol. The van der Waals surface area contributed by atoms with E-state index >= 15 is 0 Å². The van der Waals surface area contributed by atoms with E-state index in [9.17, 15) is 38.4 Å². The second-order valence-corrected chi connectivity index (χ2v) is 41.6. The number of ether oxygens (including phenoxy) is 3. The Balaban J connectivity index is 0.000000421. The number of hydrogen-bond donors (Lipinski definition) is 3. The van der Waals surface area contributed by atoms with E-state index in [2.05, 4.69) is 101 Å². The summed E-state index contributed by atoms with van der Waals surface area (Å²) in [5, 5.41) is 8.22. The number of β-lactam (4-membered cyclic amide) rings is 1. The molecule has 21 heteroatoms. The fourth-order valence-corrected chi connectivity index (χ4v) is 11.6. The standard InChI is InChI=1S/C25H40N2O5Si.C19H33NO3Si2.C13H17NO3.C9H7NO2/c1-16(32-33(8,9)25(5,6)7)21-19(27-22(21)29)14-20(28)18-12-10-17(11-13-18)15-26-23(30)31-24(2,3)4;1-15(23-25(8,9)10)16-11-13-17(14-12-16)20(24(5,6)7)18(21)22-19(2,3)4;1-9(15)10-5-7-11(8-6-10)14-12(16)17-13(2,3)4;1-7(12)8-2-4-9(5-3-8)10-6-11/h10-13,16,19,21H,14-15H2,1-9H3,(H,26,30)(H,27,29);11-14H,1H2,2-10H3;5-8H,1-4H3,(H,14,16);2-5H,1H3/t16-,19-,21-;;;/m1.../s1. The Kier molecular flexibility index (Phi) is 27.5. The molecule has 0 unspecified atom stereocenters. The van der Waals surface area contributed by atoms with Gasteiger partial charge >= 0.3 is 18.3 Å². The van der Waals surface area contributed by atoms with Gasteiger partial charge in [0.1, 0.15) is 22.6 Å². The topological polar surface area (TPSA) is 234 Å². The van der Waals surface area contributed by atoms with Crippen molar-refractivity contribution in [1.82, 2.24) is 10.6 Å². The molecule has 476 valence electrons. The molecule has 0 saturated carbocycles. The zero-order valence-electron chi connectivity index (χ0n) is 55.8. The van der Waals surface area contributed by atoms with Crippen molar-refractivity contribution < 1.29 is 61.4 Å². The second-order valence-electron chi connectivity index (χ2n) is 27.6. The molecule has 1 aliphatic rings. The number of anilines is 2. The smallest absolute Gasteiger partial charge is 0.412 e. The number of alkyl carbamates (subject to hydrolysis) is 1. The van der Waals surface area contributed by atoms with Crippen molar-refractivity contribution in [2.75, 3.05) is 9.88 Å². The quantitative estimate of drug-likeness (QED) is 0.0170. The maximum atomic E-state index is 12.8. The van der Waals surface area contributed by atoms with Gasteiger partial charge in [0.25, 0.3) is 0 Å². The van der Waals surface area contributed by atoms with Crippen LogP contribution in [-0.4, -0.2) is 101 Å². The monoisotopic (exact) mass is 1250 g/mol. The number of carbonyl (C=O) groups excluding carboxylic acids is 8. The molecule has 0 spiro atoms. The summed E-state index contributed by atoms with van der Waals surface area (Å²) in [4.78, 5) is 96.1. The lowest BCUT2D eigenvalue weighted by Gasteiger charge is -2.45. The number of ketones is 3. The minimum absolute atomic E-state index is 0.00312. The van der Waals surface area contributed by atoms with Crippen molar-refractivity contribution >= 4 is 95.3 Å². The molecule has 1 aliphatic heterocycles. The van der Waals surface area contributed by atoms with Crippen LogP contribution in [0.2, 0.25) is 57.4 Å². The SMILES string of the molecule is C=C(O[Si](C)(C)C)c1ccc(N(C(=O)OC(C)(C)C)[Si](C)(C)C)cc1.CC(=O)c1ccc(N=C=O)cc1.CC(=O)c1ccc(NC(=O)OC(C)(C)C)cc1.C[C@@H](O[Si](C)(C)C(C)(C)C)[C@H]1C(=O)N[C@@H]1CC(=O)c1ccc(CNC(=O)OC(C)(C)C)cc1. The Hall–Kier alpha value is -7.30. The summed E-state index contributed by atoms with van der Waals surface area (Å²) in [5.41, 5.74) is 3.96. The van der Waals surface area contributed by atoms with E-state index in [4.69, 9.17) is 23.1 Å². The molecule has 1 fully saturated rings. The Morgan fingerprint density at radius 3 is 1.51 bits per heavy atom. The highest BCUT2D eigenvalue weighted by molar-refractivity contribution is 6.82. The first-order valence-electron chi connectivity index (χ1n) is 29.0. The van der Waals surface area contributed by atoms with Gasteiger partial charge in [-0.25, -0.2) is 19.2 Å². The molecule has 0 aliphatic carbocycles. The van der Waals surface area contributed by atoms with Crippen LogP contribution in [0, 0.1) is 5.92 Å². The zero-order chi connectivity index (χ0) is 66.8. The molecule has 4 aromatic carbocycles. The molecule has 4 aromatic rings. The Labute approximate surface area is 520 Å². The minimum atomic E-state index is -2.02. The summed E-state index contributed by atoms with van der Waals surface area (Å²) < 4.78 is 30.1. The van der Waals surface area contributed by atoms with E-state index in [0.29, 0.717) is 40.4 Å². The number of isocyanates is 1. The summed E-state index contributed by atoms with van der Waals surface area (Å²) in [7, 11) is -5.67. The van der Waals surface area contributed by atoms with Crippen LogP contribution in [0.5, 0.6) is 0 Å². The third-order valence-corrected chi connectivity index (χ3v) is 20.1. The van der Waals surface area contributed by atoms with Crippen molar-refractivity contribution in [3.63, 3.8) is 0 Å². The largest absolute Gasteiger partial charge is 0.544 e. The van der Waals surface area contributed by atoms with Gasteiger partial charge in [-0.05, 0) is 199 Å². The van der Waals surface area contributed by atoms with Gasteiger partial charge in [-0.2, -0.15) is 4.99 Å². The maximum Gasteiger partial charge on any atom is 0.412 e. The van der Waals surface area contributed by atoms with Crippen LogP contribution < -0.4 is 20.5 Å². The van der Waals surface area contributed by atoms with Gasteiger partial charge in [-0.15, -0.1) is 0 Å². The highest BCUT2D eigenvalue weighted by Crippen LogP contribution is 2.39. The van der Waals surface area contributed by atoms with Gasteiger partial charge in [0.2, 0.25) is 20.3 Å². The first kappa shape index (κ1) is 75.8. The van der Waals surface area contributed by atoms with Gasteiger partial charge in [0, 0.05) is 46.6 Å². The fourth-order valence-electron chi connectivity index (χ4n) is 7.84. The van der Waals surface area contributed by atoms with Gasteiger partial charge in [-0.3, -0.25) is 24.5 Å². The number of aliphatic imine (C=N–C) groups is 1. The molecule has 3 N–H and O–H groups in total. The van der Waals surface area contributed by atoms with Crippen LogP contribution in [0.15, 0.2) is 109 Å². The van der Waals surface area contributed by atoms with E-state index in [-0.39, 0.29) is 58.9 Å². The van der Waals surface area contributed by atoms with Crippen molar-refractivity contribution in [2.24, 2.45) is 10.9 Å². The van der Waals surface area contributed by atoms with Crippen molar-refractivity contribution in [1.29, 1.82) is 0 Å². The van der Waals surface area contributed by atoms with Crippen LogP contribution in [0.25, 0.3) is 5.76 Å². The van der Waals surface area contributed by atoms with E-state index < -0.39 is 53.9 Å². The third-order valence-electron chi connectivity index (χ3n) is 12.9. The fraction of sp³-hybridized carbons (Fsp3) is 0.485. The first-order chi connectivity index (χ1) is 39.6. The van der Waals surface area contributed by atoms with Gasteiger partial charge in [0.15, 0.2) is 33.9 Å². The minimum Gasteiger partial charge on any atom is -0.544 e. The second kappa shape index (κ2) is 31.6. The molecule has 0 aromatic heterocycles. The summed E-state index contributed by atoms with van der Waals surface area (Å²) >= 11 is 0. The Morgan fingerprint density at radius 1 is 0.644 bits per heavy atom. The molecule has 0 radical (unpaired) electrons. The van der Waals surface area contributed by atoms with Gasteiger partial charge < -0.3 is 38.3 Å². The summed E-state index contributed by atoms with van der Waals surface area (Å²) in [6, 6.07) is 27.8. The van der Waals surface area contributed by atoms with E-state index in [1.807, 2.05) is 89.4 Å². The number of nitrogens with one attached hydrogen (secondary N) is 3. The first-order valence-corrected chi connectivity index (χ1v) is 38.8. The number of carbonyl (C=O) groups is 7. The molecule has 87 heavy (non-hydrogen) atoms. The molecule has 4 amide bonds. The summed E-state index contributed by atoms with van der Waals surface area (Å²) in [6.07, 6.45) is 0.135. The highest BCUT2D eigenvalue weighted by Gasteiger charge is 2.48. The summed E-state index contributed by atoms with van der Waals surface area (Å²) in [5.74, 6) is 0.270. The van der Waals surface area contributed by atoms with Crippen LogP contribution in [0.3, 0.4) is 0 Å². The lowest BCUT2D eigenvalue weighted by atomic mass is 9.82. The maximum absolute atomic E-state index is 12.8. The normalized spacial score (nSPS) is 14.4. The van der Waals surface area contributed by atoms with E-state index in [0.717, 1.165) is 16.8 Å². The van der Waals surface area contributed by atoms with E-state index in [1.165, 1.54) is 19.9 Å². The number of amides is 4. The molecule has 1 saturated heterocycles. The van der Waals surface area contributed by atoms with Crippen molar-refractivity contribution in [2.45, 2.75) is 203 Å². The molecule has 0 bridgehead atoms. The van der Waals surface area contributed by atoms with Crippen LogP contribution in [0.1, 0.15) is 152 Å². The van der Waals surface area contributed by atoms with Crippen molar-refractivity contribution in [3.8, 4) is 0 Å². The Morgan fingerprint density at radius 2 is 1.09 bits per heavy atom.